The predicted octanol–water partition coefficient (Wildman–Crippen LogP) is 2.19. The van der Waals surface area contributed by atoms with Crippen LogP contribution in [0.3, 0.4) is 0 Å². The third-order valence-electron chi connectivity index (χ3n) is 4.86. The van der Waals surface area contributed by atoms with Crippen molar-refractivity contribution < 1.29 is 24.5 Å². The number of amides is 3. The average molecular weight is 399 g/mol. The summed E-state index contributed by atoms with van der Waals surface area (Å²) in [5.41, 5.74) is 0.968. The van der Waals surface area contributed by atoms with Gasteiger partial charge in [-0.25, -0.2) is 4.79 Å². The Balaban J connectivity index is 1.66. The maximum atomic E-state index is 12.7. The summed E-state index contributed by atoms with van der Waals surface area (Å²) in [6.07, 6.45) is 0.340. The molecular formula is C21H25N3O5. The van der Waals surface area contributed by atoms with Crippen LogP contribution in [0.5, 0.6) is 11.5 Å². The maximum Gasteiger partial charge on any atom is 0.321 e. The van der Waals surface area contributed by atoms with E-state index in [2.05, 4.69) is 10.6 Å². The Kier molecular flexibility index (Phi) is 6.56. The van der Waals surface area contributed by atoms with E-state index in [4.69, 9.17) is 4.74 Å². The highest BCUT2D eigenvalue weighted by Gasteiger charge is 2.29. The molecule has 1 aliphatic heterocycles. The molecule has 1 heterocycles. The van der Waals surface area contributed by atoms with Crippen LogP contribution in [0.1, 0.15) is 23.2 Å². The van der Waals surface area contributed by atoms with Crippen molar-refractivity contribution in [2.75, 3.05) is 25.5 Å². The SMILES string of the molecule is COc1cccc(NC(=O)N2CCCC(O)C(NC(=O)c3ccc(O)cc3)C2)c1. The summed E-state index contributed by atoms with van der Waals surface area (Å²) in [7, 11) is 1.55. The number of likely N-dealkylation sites (tertiary alicyclic amines) is 1. The first-order valence-corrected chi connectivity index (χ1v) is 9.44. The van der Waals surface area contributed by atoms with Crippen molar-refractivity contribution in [3.8, 4) is 11.5 Å². The minimum Gasteiger partial charge on any atom is -0.508 e. The van der Waals surface area contributed by atoms with Gasteiger partial charge in [0.1, 0.15) is 11.5 Å². The van der Waals surface area contributed by atoms with Crippen LogP contribution < -0.4 is 15.4 Å². The lowest BCUT2D eigenvalue weighted by atomic mass is 10.1. The number of nitrogens with one attached hydrogen (secondary N) is 2. The molecule has 3 amide bonds. The van der Waals surface area contributed by atoms with E-state index >= 15 is 0 Å². The monoisotopic (exact) mass is 399 g/mol. The van der Waals surface area contributed by atoms with Crippen LogP contribution in [-0.2, 0) is 0 Å². The van der Waals surface area contributed by atoms with Gasteiger partial charge in [0.15, 0.2) is 0 Å². The van der Waals surface area contributed by atoms with Crippen molar-refractivity contribution in [1.82, 2.24) is 10.2 Å². The van der Waals surface area contributed by atoms with Gasteiger partial charge in [0, 0.05) is 30.4 Å². The first-order chi connectivity index (χ1) is 14.0. The number of aromatic hydroxyl groups is 1. The molecule has 154 valence electrons. The molecular weight excluding hydrogens is 374 g/mol. The summed E-state index contributed by atoms with van der Waals surface area (Å²) in [5.74, 6) is 0.327. The van der Waals surface area contributed by atoms with Gasteiger partial charge in [0.25, 0.3) is 5.91 Å². The van der Waals surface area contributed by atoms with Crippen molar-refractivity contribution >= 4 is 17.6 Å². The number of anilines is 1. The van der Waals surface area contributed by atoms with Gasteiger partial charge in [-0.05, 0) is 49.2 Å². The van der Waals surface area contributed by atoms with Gasteiger partial charge in [-0.1, -0.05) is 6.07 Å². The lowest BCUT2D eigenvalue weighted by Crippen LogP contribution is -2.50. The highest BCUT2D eigenvalue weighted by Crippen LogP contribution is 2.19. The van der Waals surface area contributed by atoms with E-state index in [0.717, 1.165) is 0 Å². The molecule has 1 saturated heterocycles. The standard InChI is InChI=1S/C21H25N3O5/c1-29-17-5-2-4-15(12-17)22-21(28)24-11-3-6-19(26)18(13-24)23-20(27)14-7-9-16(25)10-8-14/h2,4-5,7-10,12,18-19,25-26H,3,6,11,13H2,1H3,(H,22,28)(H,23,27). The maximum absolute atomic E-state index is 12.7. The van der Waals surface area contributed by atoms with E-state index in [1.165, 1.54) is 24.3 Å². The lowest BCUT2D eigenvalue weighted by Gasteiger charge is -2.27. The van der Waals surface area contributed by atoms with Crippen LogP contribution in [0.4, 0.5) is 10.5 Å². The molecule has 4 N–H and O–H groups in total. The molecule has 0 spiro atoms. The van der Waals surface area contributed by atoms with Gasteiger partial charge in [0.2, 0.25) is 0 Å². The summed E-state index contributed by atoms with van der Waals surface area (Å²) in [4.78, 5) is 26.8. The summed E-state index contributed by atoms with van der Waals surface area (Å²) < 4.78 is 5.17. The number of phenolic OH excluding ortho intramolecular Hbond substituents is 1. The Labute approximate surface area is 169 Å². The highest BCUT2D eigenvalue weighted by atomic mass is 16.5. The molecule has 0 aliphatic carbocycles. The van der Waals surface area contributed by atoms with E-state index in [1.54, 1.807) is 36.3 Å². The third-order valence-corrected chi connectivity index (χ3v) is 4.86. The predicted molar refractivity (Wildman–Crippen MR) is 108 cm³/mol. The molecule has 0 bridgehead atoms. The lowest BCUT2D eigenvalue weighted by molar-refractivity contribution is 0.0811. The largest absolute Gasteiger partial charge is 0.508 e. The van der Waals surface area contributed by atoms with E-state index in [9.17, 15) is 19.8 Å². The molecule has 1 fully saturated rings. The number of carbonyl (C=O) groups is 2. The second-order valence-corrected chi connectivity index (χ2v) is 6.94. The number of aliphatic hydroxyl groups is 1. The van der Waals surface area contributed by atoms with Gasteiger partial charge in [-0.3, -0.25) is 4.79 Å². The number of rotatable bonds is 4. The first kappa shape index (κ1) is 20.5. The van der Waals surface area contributed by atoms with Crippen LogP contribution in [0.2, 0.25) is 0 Å². The Morgan fingerprint density at radius 2 is 1.93 bits per heavy atom. The highest BCUT2D eigenvalue weighted by molar-refractivity contribution is 5.94. The molecule has 2 aromatic rings. The van der Waals surface area contributed by atoms with Crippen LogP contribution >= 0.6 is 0 Å². The summed E-state index contributed by atoms with van der Waals surface area (Å²) in [6.45, 7) is 0.652. The van der Waals surface area contributed by atoms with Crippen LogP contribution in [0, 0.1) is 0 Å². The van der Waals surface area contributed by atoms with Crippen molar-refractivity contribution in [1.29, 1.82) is 0 Å². The van der Waals surface area contributed by atoms with Gasteiger partial charge >= 0.3 is 6.03 Å². The van der Waals surface area contributed by atoms with E-state index in [-0.39, 0.29) is 24.2 Å². The Hall–Kier alpha value is -3.26. The van der Waals surface area contributed by atoms with E-state index in [0.29, 0.717) is 36.4 Å². The van der Waals surface area contributed by atoms with Crippen LogP contribution in [-0.4, -0.2) is 59.4 Å². The number of phenols is 1. The topological polar surface area (TPSA) is 111 Å². The summed E-state index contributed by atoms with van der Waals surface area (Å²) in [5, 5.41) is 25.4. The number of ether oxygens (including phenoxy) is 1. The third kappa shape index (κ3) is 5.39. The zero-order chi connectivity index (χ0) is 20.8. The van der Waals surface area contributed by atoms with Gasteiger partial charge in [-0.2, -0.15) is 0 Å². The number of carbonyl (C=O) groups excluding carboxylic acids is 2. The molecule has 2 aromatic carbocycles. The summed E-state index contributed by atoms with van der Waals surface area (Å²) >= 11 is 0. The molecule has 1 aliphatic rings. The number of hydrogen-bond acceptors (Lipinski definition) is 5. The quantitative estimate of drug-likeness (QED) is 0.630. The molecule has 0 saturated carbocycles. The van der Waals surface area contributed by atoms with Gasteiger partial charge in [-0.15, -0.1) is 0 Å². The minimum absolute atomic E-state index is 0.0661. The fourth-order valence-electron chi connectivity index (χ4n) is 3.24. The van der Waals surface area contributed by atoms with Crippen molar-refractivity contribution in [3.63, 3.8) is 0 Å². The van der Waals surface area contributed by atoms with E-state index in [1.807, 2.05) is 0 Å². The van der Waals surface area contributed by atoms with Gasteiger partial charge in [0.05, 0.1) is 19.3 Å². The Morgan fingerprint density at radius 3 is 2.66 bits per heavy atom. The summed E-state index contributed by atoms with van der Waals surface area (Å²) in [6, 6.07) is 12.0. The van der Waals surface area contributed by atoms with Crippen molar-refractivity contribution in [2.24, 2.45) is 0 Å². The average Bonchev–Trinajstić information content (AvgIpc) is 2.90. The molecule has 8 nitrogen and oxygen atoms in total. The Bertz CT molecular complexity index is 856. The number of benzene rings is 2. The first-order valence-electron chi connectivity index (χ1n) is 9.44. The molecule has 2 atom stereocenters. The molecule has 0 radical (unpaired) electrons. The fourth-order valence-corrected chi connectivity index (χ4v) is 3.24. The molecule has 8 heteroatoms. The second kappa shape index (κ2) is 9.29. The van der Waals surface area contributed by atoms with Crippen molar-refractivity contribution in [2.45, 2.75) is 25.0 Å². The molecule has 29 heavy (non-hydrogen) atoms. The zero-order valence-electron chi connectivity index (χ0n) is 16.2. The normalized spacial score (nSPS) is 19.2. The number of methoxy groups -OCH3 is 1. The fraction of sp³-hybridized carbons (Fsp3) is 0.333. The number of hydrogen-bond donors (Lipinski definition) is 4. The molecule has 0 aromatic heterocycles. The van der Waals surface area contributed by atoms with Crippen LogP contribution in [0.15, 0.2) is 48.5 Å². The molecule has 2 unspecified atom stereocenters. The van der Waals surface area contributed by atoms with Crippen LogP contribution in [0.25, 0.3) is 0 Å². The minimum atomic E-state index is -0.759. The smallest absolute Gasteiger partial charge is 0.321 e. The number of aliphatic hydroxyl groups excluding tert-OH is 1. The zero-order valence-corrected chi connectivity index (χ0v) is 16.2. The number of nitrogens with zero attached hydrogens (tertiary/aromatic N) is 1. The van der Waals surface area contributed by atoms with Crippen molar-refractivity contribution in [3.05, 3.63) is 54.1 Å². The van der Waals surface area contributed by atoms with E-state index < -0.39 is 12.1 Å². The van der Waals surface area contributed by atoms with Gasteiger partial charge < -0.3 is 30.5 Å². The Morgan fingerprint density at radius 1 is 1.17 bits per heavy atom. The second-order valence-electron chi connectivity index (χ2n) is 6.94. The number of urea groups is 1. The molecule has 3 rings (SSSR count).